The maximum Gasteiger partial charge on any atom is 0.143 e. The number of nitrogens with zero attached hydrogens (tertiary/aromatic N) is 1. The lowest BCUT2D eigenvalue weighted by molar-refractivity contribution is 0.672. The smallest absolute Gasteiger partial charge is 0.143 e. The van der Waals surface area contributed by atoms with Gasteiger partial charge < -0.3 is 9.32 Å². The van der Waals surface area contributed by atoms with E-state index in [1.54, 1.807) is 0 Å². The molecule has 0 N–H and O–H groups in total. The number of hydrogen-bond donors (Lipinski definition) is 0. The molecule has 2 nitrogen and oxygen atoms in total. The van der Waals surface area contributed by atoms with E-state index in [0.717, 1.165) is 50.0 Å². The molecule has 0 bridgehead atoms. The number of rotatable bonds is 6. The van der Waals surface area contributed by atoms with Crippen LogP contribution in [-0.4, -0.2) is 0 Å². The third-order valence-electron chi connectivity index (χ3n) is 12.2. The Hall–Kier alpha value is -7.94. The minimum atomic E-state index is 0.882. The second kappa shape index (κ2) is 13.9. The third kappa shape index (κ3) is 5.50. The van der Waals surface area contributed by atoms with Gasteiger partial charge in [0, 0.05) is 32.9 Å². The summed E-state index contributed by atoms with van der Waals surface area (Å²) in [4.78, 5) is 2.39. The molecule has 0 amide bonds. The van der Waals surface area contributed by atoms with Gasteiger partial charge in [0.25, 0.3) is 0 Å². The first kappa shape index (κ1) is 34.1. The van der Waals surface area contributed by atoms with Crippen molar-refractivity contribution in [3.8, 4) is 33.4 Å². The lowest BCUT2D eigenvalue weighted by Crippen LogP contribution is -2.10. The van der Waals surface area contributed by atoms with Crippen molar-refractivity contribution in [1.29, 1.82) is 0 Å². The van der Waals surface area contributed by atoms with Gasteiger partial charge in [-0.1, -0.05) is 176 Å². The summed E-state index contributed by atoms with van der Waals surface area (Å²) in [5.74, 6) is 0. The van der Waals surface area contributed by atoms with Gasteiger partial charge in [-0.15, -0.1) is 0 Å². The zero-order valence-corrected chi connectivity index (χ0v) is 32.7. The van der Waals surface area contributed by atoms with Gasteiger partial charge in [0.15, 0.2) is 0 Å². The van der Waals surface area contributed by atoms with Crippen molar-refractivity contribution in [3.05, 3.63) is 224 Å². The van der Waals surface area contributed by atoms with Crippen molar-refractivity contribution in [3.63, 3.8) is 0 Å². The lowest BCUT2D eigenvalue weighted by atomic mass is 9.84. The van der Waals surface area contributed by atoms with E-state index < -0.39 is 0 Å². The first-order valence-electron chi connectivity index (χ1n) is 20.6. The molecule has 0 atom stereocenters. The van der Waals surface area contributed by atoms with Crippen LogP contribution < -0.4 is 4.90 Å². The van der Waals surface area contributed by atoms with Crippen molar-refractivity contribution in [1.82, 2.24) is 0 Å². The Bertz CT molecular complexity index is 3580. The fraction of sp³-hybridized carbons (Fsp3) is 0. The van der Waals surface area contributed by atoms with Crippen LogP contribution in [0.15, 0.2) is 229 Å². The van der Waals surface area contributed by atoms with Crippen molar-refractivity contribution in [2.45, 2.75) is 0 Å². The zero-order chi connectivity index (χ0) is 39.6. The van der Waals surface area contributed by atoms with Crippen molar-refractivity contribution in [2.24, 2.45) is 0 Å². The summed E-state index contributed by atoms with van der Waals surface area (Å²) in [7, 11) is 0. The summed E-state index contributed by atoms with van der Waals surface area (Å²) < 4.78 is 6.55. The van der Waals surface area contributed by atoms with Crippen molar-refractivity contribution >= 4 is 82.1 Å². The molecule has 0 radical (unpaired) electrons. The highest BCUT2D eigenvalue weighted by Gasteiger charge is 2.20. The summed E-state index contributed by atoms with van der Waals surface area (Å²) in [6, 6.07) is 81.3. The second-order valence-electron chi connectivity index (χ2n) is 15.6. The maximum atomic E-state index is 6.55. The first-order chi connectivity index (χ1) is 29.8. The van der Waals surface area contributed by atoms with Crippen LogP contribution in [0.25, 0.3) is 98.4 Å². The Labute approximate surface area is 347 Å². The number of fused-ring (bicyclic) bond motifs is 9. The van der Waals surface area contributed by atoms with Gasteiger partial charge in [0.05, 0.1) is 5.69 Å². The molecule has 0 aliphatic rings. The zero-order valence-electron chi connectivity index (χ0n) is 32.7. The standard InChI is InChI=1S/C58H37NO/c1-3-16-41(17-4-1)56-50-24-12-11-23-48(50)49-33-29-43(36-53(49)57(56)42-18-5-2-6-19-42)38-26-30-44(31-27-38)59(54-25-13-20-39-14-7-9-21-46(39)54)45-32-35-55-52(37-45)51-34-28-40-15-8-10-22-47(40)58(51)60-55/h1-37H. The highest BCUT2D eigenvalue weighted by molar-refractivity contribution is 6.22. The molecular formula is C58H37NO. The summed E-state index contributed by atoms with van der Waals surface area (Å²) in [6.07, 6.45) is 0. The molecule has 0 spiro atoms. The largest absolute Gasteiger partial charge is 0.455 e. The predicted molar refractivity (Wildman–Crippen MR) is 255 cm³/mol. The Morgan fingerprint density at radius 2 is 0.833 bits per heavy atom. The van der Waals surface area contributed by atoms with Crippen molar-refractivity contribution < 1.29 is 4.42 Å². The third-order valence-corrected chi connectivity index (χ3v) is 12.2. The second-order valence-corrected chi connectivity index (χ2v) is 15.6. The molecule has 11 aromatic carbocycles. The highest BCUT2D eigenvalue weighted by Crippen LogP contribution is 2.47. The van der Waals surface area contributed by atoms with E-state index in [1.165, 1.54) is 65.5 Å². The molecule has 0 aliphatic heterocycles. The summed E-state index contributed by atoms with van der Waals surface area (Å²) in [5, 5.41) is 11.9. The maximum absolute atomic E-state index is 6.55. The van der Waals surface area contributed by atoms with Gasteiger partial charge in [0.1, 0.15) is 11.2 Å². The van der Waals surface area contributed by atoms with Crippen LogP contribution in [0.4, 0.5) is 17.1 Å². The predicted octanol–water partition coefficient (Wildman–Crippen LogP) is 16.7. The van der Waals surface area contributed by atoms with Crippen LogP contribution >= 0.6 is 0 Å². The van der Waals surface area contributed by atoms with E-state index >= 15 is 0 Å². The van der Waals surface area contributed by atoms with Crippen LogP contribution in [-0.2, 0) is 0 Å². The molecule has 2 heteroatoms. The average molecular weight is 764 g/mol. The Balaban J connectivity index is 1.04. The van der Waals surface area contributed by atoms with Crippen LogP contribution in [0.5, 0.6) is 0 Å². The monoisotopic (exact) mass is 763 g/mol. The molecule has 0 saturated carbocycles. The number of furan rings is 1. The van der Waals surface area contributed by atoms with Gasteiger partial charge in [-0.3, -0.25) is 0 Å². The van der Waals surface area contributed by atoms with E-state index in [1.807, 2.05) is 0 Å². The van der Waals surface area contributed by atoms with Crippen LogP contribution in [0.1, 0.15) is 0 Å². The molecule has 12 aromatic rings. The van der Waals surface area contributed by atoms with Gasteiger partial charge >= 0.3 is 0 Å². The van der Waals surface area contributed by atoms with Crippen LogP contribution in [0.2, 0.25) is 0 Å². The van der Waals surface area contributed by atoms with Crippen LogP contribution in [0, 0.1) is 0 Å². The van der Waals surface area contributed by atoms with Gasteiger partial charge in [0.2, 0.25) is 0 Å². The van der Waals surface area contributed by atoms with Crippen molar-refractivity contribution in [2.75, 3.05) is 4.90 Å². The summed E-state index contributed by atoms with van der Waals surface area (Å²) in [6.45, 7) is 0. The molecule has 280 valence electrons. The molecule has 0 aliphatic carbocycles. The number of hydrogen-bond acceptors (Lipinski definition) is 2. The highest BCUT2D eigenvalue weighted by atomic mass is 16.3. The topological polar surface area (TPSA) is 16.4 Å². The van der Waals surface area contributed by atoms with Gasteiger partial charge in [-0.25, -0.2) is 0 Å². The quantitative estimate of drug-likeness (QED) is 0.157. The van der Waals surface area contributed by atoms with Gasteiger partial charge in [-0.2, -0.15) is 0 Å². The minimum absolute atomic E-state index is 0.882. The number of anilines is 3. The number of benzene rings is 11. The molecule has 0 saturated heterocycles. The van der Waals surface area contributed by atoms with E-state index in [-0.39, 0.29) is 0 Å². The molecule has 1 heterocycles. The Kier molecular flexibility index (Phi) is 7.89. The van der Waals surface area contributed by atoms with E-state index in [0.29, 0.717) is 0 Å². The van der Waals surface area contributed by atoms with E-state index in [4.69, 9.17) is 4.42 Å². The fourth-order valence-electron chi connectivity index (χ4n) is 9.45. The SMILES string of the molecule is c1ccc(-c2c(-c3ccccc3)c3cc(-c4ccc(N(c5ccc6oc7c8ccccc8ccc7c6c5)c5cccc6ccccc56)cc4)ccc3c3ccccc23)cc1. The summed E-state index contributed by atoms with van der Waals surface area (Å²) in [5.41, 5.74) is 12.4. The van der Waals surface area contributed by atoms with E-state index in [9.17, 15) is 0 Å². The average Bonchev–Trinajstić information content (AvgIpc) is 3.70. The molecular weight excluding hydrogens is 727 g/mol. The molecule has 1 aromatic heterocycles. The lowest BCUT2D eigenvalue weighted by Gasteiger charge is -2.27. The molecule has 12 rings (SSSR count). The van der Waals surface area contributed by atoms with E-state index in [2.05, 4.69) is 229 Å². The normalized spacial score (nSPS) is 11.7. The minimum Gasteiger partial charge on any atom is -0.455 e. The molecule has 60 heavy (non-hydrogen) atoms. The van der Waals surface area contributed by atoms with Gasteiger partial charge in [-0.05, 0) is 114 Å². The first-order valence-corrected chi connectivity index (χ1v) is 20.6. The molecule has 0 fully saturated rings. The Morgan fingerprint density at radius 1 is 0.283 bits per heavy atom. The molecule has 0 unspecified atom stereocenters. The Morgan fingerprint density at radius 3 is 1.58 bits per heavy atom. The van der Waals surface area contributed by atoms with Crippen LogP contribution in [0.3, 0.4) is 0 Å². The summed E-state index contributed by atoms with van der Waals surface area (Å²) >= 11 is 0. The fourth-order valence-corrected chi connectivity index (χ4v) is 9.45.